The van der Waals surface area contributed by atoms with E-state index >= 15 is 8.78 Å². The summed E-state index contributed by atoms with van der Waals surface area (Å²) in [5.74, 6) is -6.11. The van der Waals surface area contributed by atoms with E-state index in [-0.39, 0.29) is 16.7 Å². The van der Waals surface area contributed by atoms with E-state index in [1.807, 2.05) is 0 Å². The van der Waals surface area contributed by atoms with Crippen LogP contribution in [-0.2, 0) is 45.2 Å². The second-order valence-corrected chi connectivity index (χ2v) is 22.2. The molecule has 0 aromatic heterocycles. The Hall–Kier alpha value is -6.15. The first kappa shape index (κ1) is 60.4. The van der Waals surface area contributed by atoms with E-state index in [0.717, 1.165) is 32.0 Å². The molecule has 3 aliphatic rings. The molecule has 3 fully saturated rings. The fourth-order valence-corrected chi connectivity index (χ4v) is 8.66. The van der Waals surface area contributed by atoms with Gasteiger partial charge in [0.1, 0.15) is 69.4 Å². The van der Waals surface area contributed by atoms with Crippen molar-refractivity contribution in [3.05, 3.63) is 107 Å². The third-order valence-corrected chi connectivity index (χ3v) is 12.5. The summed E-state index contributed by atoms with van der Waals surface area (Å²) < 4.78 is 146. The maximum Gasteiger partial charge on any atom is 0.418 e. The van der Waals surface area contributed by atoms with Crippen molar-refractivity contribution >= 4 is 36.0 Å². The molecule has 3 aliphatic heterocycles. The quantitative estimate of drug-likeness (QED) is 0.185. The zero-order valence-corrected chi connectivity index (χ0v) is 43.8. The molecule has 0 aliphatic carbocycles. The van der Waals surface area contributed by atoms with E-state index in [2.05, 4.69) is 0 Å². The van der Waals surface area contributed by atoms with Crippen LogP contribution in [0.2, 0.25) is 0 Å². The van der Waals surface area contributed by atoms with Gasteiger partial charge in [-0.3, -0.25) is 14.4 Å². The van der Waals surface area contributed by atoms with E-state index in [9.17, 15) is 59.5 Å². The summed E-state index contributed by atoms with van der Waals surface area (Å²) in [5.41, 5.74) is -14.8. The van der Waals surface area contributed by atoms with Crippen molar-refractivity contribution in [2.24, 2.45) is 0 Å². The van der Waals surface area contributed by atoms with Gasteiger partial charge in [-0.1, -0.05) is 54.6 Å². The molecule has 74 heavy (non-hydrogen) atoms. The van der Waals surface area contributed by atoms with Crippen LogP contribution in [0.3, 0.4) is 0 Å². The summed E-state index contributed by atoms with van der Waals surface area (Å²) in [6, 6.07) is 15.6. The number of hydrogen-bond donors (Lipinski definition) is 0. The predicted molar refractivity (Wildman–Crippen MR) is 253 cm³/mol. The van der Waals surface area contributed by atoms with Gasteiger partial charge in [0.05, 0.1) is 0 Å². The van der Waals surface area contributed by atoms with Gasteiger partial charge >= 0.3 is 18.3 Å². The largest absolute Gasteiger partial charge is 0.443 e. The van der Waals surface area contributed by atoms with Gasteiger partial charge in [0.25, 0.3) is 17.7 Å². The maximum absolute atomic E-state index is 15.0. The normalized spacial score (nSPS) is 29.6. The Morgan fingerprint density at radius 1 is 0.473 bits per heavy atom. The van der Waals surface area contributed by atoms with E-state index < -0.39 is 142 Å². The van der Waals surface area contributed by atoms with Crippen molar-refractivity contribution in [3.8, 4) is 0 Å². The monoisotopic (exact) mass is 1060 g/mol. The predicted octanol–water partition coefficient (Wildman–Crippen LogP) is 12.4. The highest BCUT2D eigenvalue weighted by Gasteiger charge is 2.63. The number of likely N-dealkylation sites (tertiary alicyclic amines) is 3. The molecule has 6 rings (SSSR count). The van der Waals surface area contributed by atoms with Crippen molar-refractivity contribution < 1.29 is 82.5 Å². The number of carbonyl (C=O) groups excluding carboxylic acids is 6. The smallest absolute Gasteiger partial charge is 0.418 e. The number of amides is 6. The fourth-order valence-electron chi connectivity index (χ4n) is 8.66. The van der Waals surface area contributed by atoms with Gasteiger partial charge in [0.15, 0.2) is 17.5 Å². The Balaban J connectivity index is 0.000000240. The number of hydrogen-bond acceptors (Lipinski definition) is 9. The average Bonchev–Trinajstić information content (AvgIpc) is 3.23. The zero-order valence-electron chi connectivity index (χ0n) is 43.8. The lowest BCUT2D eigenvalue weighted by Crippen LogP contribution is -2.66. The Labute approximate surface area is 424 Å². The van der Waals surface area contributed by atoms with Crippen molar-refractivity contribution in [1.82, 2.24) is 14.7 Å². The highest BCUT2D eigenvalue weighted by Crippen LogP contribution is 2.48. The number of halogens is 9. The first-order valence-corrected chi connectivity index (χ1v) is 23.5. The van der Waals surface area contributed by atoms with Crippen LogP contribution in [-0.4, -0.2) is 104 Å². The lowest BCUT2D eigenvalue weighted by Gasteiger charge is -2.48. The lowest BCUT2D eigenvalue weighted by atomic mass is 9.76. The summed E-state index contributed by atoms with van der Waals surface area (Å²) in [7, 11) is 0. The Bertz CT molecular complexity index is 2500. The average molecular weight is 1060 g/mol. The molecule has 3 aromatic carbocycles. The summed E-state index contributed by atoms with van der Waals surface area (Å²) in [6.45, 7) is 19.4. The van der Waals surface area contributed by atoms with Crippen LogP contribution in [0.25, 0.3) is 0 Å². The van der Waals surface area contributed by atoms with Crippen LogP contribution in [0.15, 0.2) is 72.8 Å². The minimum absolute atomic E-state index is 0.205. The summed E-state index contributed by atoms with van der Waals surface area (Å²) in [5, 5.41) is 0. The van der Waals surface area contributed by atoms with Crippen LogP contribution < -0.4 is 0 Å². The molecular weight excluding hydrogens is 994 g/mol. The fraction of sp³-hybridized carbons (Fsp3) is 0.547. The molecule has 0 saturated carbocycles. The molecule has 408 valence electrons. The van der Waals surface area contributed by atoms with E-state index in [0.29, 0.717) is 14.7 Å². The first-order valence-electron chi connectivity index (χ1n) is 23.5. The van der Waals surface area contributed by atoms with Crippen molar-refractivity contribution in [2.45, 2.75) is 186 Å². The van der Waals surface area contributed by atoms with Crippen LogP contribution in [0.1, 0.15) is 133 Å². The number of alkyl halides is 6. The van der Waals surface area contributed by atoms with Crippen molar-refractivity contribution in [2.75, 3.05) is 0 Å². The second-order valence-electron chi connectivity index (χ2n) is 22.2. The molecular formula is C53H64F9N3O9. The van der Waals surface area contributed by atoms with Crippen LogP contribution in [0.5, 0.6) is 0 Å². The molecule has 0 bridgehead atoms. The van der Waals surface area contributed by atoms with Gasteiger partial charge in [-0.2, -0.15) is 0 Å². The van der Waals surface area contributed by atoms with Gasteiger partial charge in [-0.05, 0) is 115 Å². The number of ether oxygens (including phenoxy) is 3. The minimum atomic E-state index is -2.60. The van der Waals surface area contributed by atoms with Gasteiger partial charge in [0, 0.05) is 36.0 Å². The molecule has 9 atom stereocenters. The Morgan fingerprint density at radius 3 is 1.00 bits per heavy atom. The molecule has 3 heterocycles. The molecule has 0 spiro atoms. The topological polar surface area (TPSA) is 140 Å². The number of nitrogens with zero attached hydrogens (tertiary/aromatic N) is 3. The summed E-state index contributed by atoms with van der Waals surface area (Å²) >= 11 is 0. The number of piperidine rings is 3. The molecule has 1 unspecified atom stereocenters. The van der Waals surface area contributed by atoms with E-state index in [4.69, 9.17) is 14.2 Å². The Morgan fingerprint density at radius 2 is 0.730 bits per heavy atom. The van der Waals surface area contributed by atoms with Gasteiger partial charge < -0.3 is 14.2 Å². The number of benzene rings is 3. The molecule has 3 saturated heterocycles. The molecule has 0 N–H and O–H groups in total. The molecule has 21 heteroatoms. The second kappa shape index (κ2) is 21.2. The third-order valence-electron chi connectivity index (χ3n) is 12.5. The molecule has 3 aromatic rings. The van der Waals surface area contributed by atoms with Crippen molar-refractivity contribution in [1.29, 1.82) is 0 Å². The lowest BCUT2D eigenvalue weighted by molar-refractivity contribution is -0.164. The van der Waals surface area contributed by atoms with Crippen LogP contribution in [0.4, 0.5) is 53.9 Å². The number of imide groups is 3. The molecule has 6 amide bonds. The molecule has 0 radical (unpaired) electrons. The zero-order chi connectivity index (χ0) is 56.7. The molecule has 12 nitrogen and oxygen atoms in total. The summed E-state index contributed by atoms with van der Waals surface area (Å²) in [6.07, 6.45) is -14.1. The van der Waals surface area contributed by atoms with Crippen LogP contribution >= 0.6 is 0 Å². The minimum Gasteiger partial charge on any atom is -0.443 e. The standard InChI is InChI=1S/2C18H22F3NO3.C17H20F3NO3/c2*1-16(2,3)25-15(24)22-14(23)17(4,21)10-13(20)18(22,5)11-8-6-7-9-12(11)19;1-16(2,3)24-15(23)21-14(22)12(19)9-13(20)17(21,4)10-7-5-6-8-11(10)18/h2*6-9,13H,10H2,1-5H3;5-8,12-13H,9H2,1-4H3/t13-,17+,18+;13-,17-,18+;12?,13-,17+/m000/s1. The SMILES string of the molecule is CC(C)(C)OC(=O)N1C(=O)C(F)C[C@H](F)[C@@]1(C)c1ccccc1F.CC(C)(C)OC(=O)N1C(=O)[C@@](C)(F)C[C@H](F)[C@@]1(C)c1ccccc1F.CC(C)(C)OC(=O)N1C(=O)[C@](C)(F)C[C@H](F)[C@@]1(C)c1ccccc1F. The highest BCUT2D eigenvalue weighted by atomic mass is 19.2. The van der Waals surface area contributed by atoms with Crippen LogP contribution in [0, 0.1) is 17.5 Å². The van der Waals surface area contributed by atoms with Gasteiger partial charge in [-0.15, -0.1) is 0 Å². The number of rotatable bonds is 3. The van der Waals surface area contributed by atoms with Gasteiger partial charge in [-0.25, -0.2) is 68.6 Å². The summed E-state index contributed by atoms with van der Waals surface area (Å²) in [4.78, 5) is 76.2. The third kappa shape index (κ3) is 12.3. The Kier molecular flexibility index (Phi) is 17.3. The highest BCUT2D eigenvalue weighted by molar-refractivity contribution is 6.00. The van der Waals surface area contributed by atoms with E-state index in [1.165, 1.54) is 75.4 Å². The van der Waals surface area contributed by atoms with Crippen molar-refractivity contribution in [3.63, 3.8) is 0 Å². The van der Waals surface area contributed by atoms with Gasteiger partial charge in [0.2, 0.25) is 0 Å². The first-order chi connectivity index (χ1) is 33.6. The number of carbonyl (C=O) groups is 6. The van der Waals surface area contributed by atoms with E-state index in [1.54, 1.807) is 62.3 Å². The maximum atomic E-state index is 15.0.